The zero-order valence-electron chi connectivity index (χ0n) is 18.5. The average molecular weight is 468 g/mol. The Morgan fingerprint density at radius 1 is 0.971 bits per heavy atom. The lowest BCUT2D eigenvalue weighted by Crippen LogP contribution is -2.20. The molecule has 8 nitrogen and oxygen atoms in total. The number of nitrogen functional groups attached to an aromatic ring is 1. The molecule has 0 aliphatic rings. The molecule has 9 heteroatoms. The van der Waals surface area contributed by atoms with Crippen LogP contribution in [0, 0.1) is 5.82 Å². The minimum Gasteiger partial charge on any atom is -0.489 e. The number of amides is 2. The van der Waals surface area contributed by atoms with E-state index in [1.54, 1.807) is 54.7 Å². The number of carbonyl (C=O) groups excluding carboxylic acids is 1. The van der Waals surface area contributed by atoms with Crippen molar-refractivity contribution in [1.29, 1.82) is 0 Å². The molecule has 35 heavy (non-hydrogen) atoms. The molecule has 174 valence electrons. The maximum atomic E-state index is 13.8. The molecule has 0 saturated carbocycles. The molecule has 0 aliphatic carbocycles. The number of aromatic amines is 1. The second-order valence-electron chi connectivity index (χ2n) is 7.79. The van der Waals surface area contributed by atoms with Crippen LogP contribution in [0.4, 0.5) is 26.5 Å². The fourth-order valence-corrected chi connectivity index (χ4v) is 3.61. The summed E-state index contributed by atoms with van der Waals surface area (Å²) in [7, 11) is 0. The smallest absolute Gasteiger partial charge is 0.324 e. The van der Waals surface area contributed by atoms with Gasteiger partial charge < -0.3 is 15.8 Å². The number of ether oxygens (including phenoxy) is 1. The first-order valence-electron chi connectivity index (χ1n) is 10.8. The lowest BCUT2D eigenvalue weighted by molar-refractivity contribution is 0.262. The number of hydrogen-bond acceptors (Lipinski definition) is 5. The minimum absolute atomic E-state index is 0.0787. The molecule has 5 rings (SSSR count). The summed E-state index contributed by atoms with van der Waals surface area (Å²) < 4.78 is 19.5. The predicted molar refractivity (Wildman–Crippen MR) is 134 cm³/mol. The van der Waals surface area contributed by atoms with E-state index in [2.05, 4.69) is 25.8 Å². The van der Waals surface area contributed by atoms with Crippen molar-refractivity contribution in [3.8, 4) is 16.9 Å². The number of nitrogens with two attached hydrogens (primary N) is 1. The summed E-state index contributed by atoms with van der Waals surface area (Å²) in [5, 5.41) is 13.2. The molecule has 2 aromatic heterocycles. The van der Waals surface area contributed by atoms with Crippen molar-refractivity contribution < 1.29 is 13.9 Å². The molecular weight excluding hydrogens is 447 g/mol. The van der Waals surface area contributed by atoms with E-state index >= 15 is 0 Å². The van der Waals surface area contributed by atoms with Crippen molar-refractivity contribution in [2.45, 2.75) is 6.61 Å². The third-order valence-corrected chi connectivity index (χ3v) is 5.37. The van der Waals surface area contributed by atoms with Gasteiger partial charge >= 0.3 is 6.03 Å². The molecule has 2 amide bonds. The van der Waals surface area contributed by atoms with Crippen LogP contribution in [0.3, 0.4) is 0 Å². The molecule has 0 spiro atoms. The number of fused-ring (bicyclic) bond motifs is 1. The second kappa shape index (κ2) is 9.52. The molecule has 2 heterocycles. The first-order valence-corrected chi connectivity index (χ1v) is 10.8. The second-order valence-corrected chi connectivity index (χ2v) is 7.79. The topological polar surface area (TPSA) is 118 Å². The van der Waals surface area contributed by atoms with Crippen LogP contribution in [0.15, 0.2) is 85.1 Å². The van der Waals surface area contributed by atoms with Gasteiger partial charge in [-0.15, -0.1) is 0 Å². The zero-order valence-corrected chi connectivity index (χ0v) is 18.5. The number of pyridine rings is 1. The molecule has 5 N–H and O–H groups in total. The van der Waals surface area contributed by atoms with Crippen LogP contribution in [0.25, 0.3) is 22.0 Å². The van der Waals surface area contributed by atoms with Gasteiger partial charge in [-0.05, 0) is 53.6 Å². The maximum Gasteiger partial charge on any atom is 0.324 e. The molecule has 0 atom stereocenters. The molecule has 0 fully saturated rings. The number of hydrogen-bond donors (Lipinski definition) is 4. The highest BCUT2D eigenvalue weighted by Crippen LogP contribution is 2.27. The largest absolute Gasteiger partial charge is 0.489 e. The molecule has 0 saturated heterocycles. The van der Waals surface area contributed by atoms with Crippen LogP contribution in [-0.2, 0) is 6.61 Å². The SMILES string of the molecule is Nc1n[nH]c2ccc(-c3ccnc(NC(=O)Nc4cccc(OCc5ccccc5F)c4)c3)cc12. The molecular formula is C26H21FN6O2. The molecule has 3 aromatic carbocycles. The number of carbonyl (C=O) groups is 1. The van der Waals surface area contributed by atoms with Gasteiger partial charge in [0.05, 0.1) is 5.52 Å². The number of H-pyrrole nitrogens is 1. The summed E-state index contributed by atoms with van der Waals surface area (Å²) >= 11 is 0. The van der Waals surface area contributed by atoms with Crippen LogP contribution in [0.2, 0.25) is 0 Å². The van der Waals surface area contributed by atoms with E-state index in [1.807, 2.05) is 24.3 Å². The van der Waals surface area contributed by atoms with Gasteiger partial charge in [-0.1, -0.05) is 30.3 Å². The van der Waals surface area contributed by atoms with E-state index in [0.29, 0.717) is 28.6 Å². The summed E-state index contributed by atoms with van der Waals surface area (Å²) in [6.45, 7) is 0.0787. The minimum atomic E-state index is -0.463. The Kier molecular flexibility index (Phi) is 5.96. The third kappa shape index (κ3) is 5.03. The van der Waals surface area contributed by atoms with Crippen LogP contribution in [0.5, 0.6) is 5.75 Å². The van der Waals surface area contributed by atoms with Gasteiger partial charge in [0.2, 0.25) is 0 Å². The van der Waals surface area contributed by atoms with Crippen molar-refractivity contribution in [2.24, 2.45) is 0 Å². The number of nitrogens with one attached hydrogen (secondary N) is 3. The summed E-state index contributed by atoms with van der Waals surface area (Å²) in [6.07, 6.45) is 1.62. The highest BCUT2D eigenvalue weighted by Gasteiger charge is 2.09. The van der Waals surface area contributed by atoms with Crippen LogP contribution in [0.1, 0.15) is 5.56 Å². The lowest BCUT2D eigenvalue weighted by atomic mass is 10.0. The monoisotopic (exact) mass is 468 g/mol. The molecule has 0 radical (unpaired) electrons. The van der Waals surface area contributed by atoms with E-state index in [0.717, 1.165) is 22.0 Å². The first-order chi connectivity index (χ1) is 17.0. The normalized spacial score (nSPS) is 10.8. The Hall–Kier alpha value is -4.92. The number of nitrogens with zero attached hydrogens (tertiary/aromatic N) is 2. The summed E-state index contributed by atoms with van der Waals surface area (Å²) in [5.41, 5.74) is 9.50. The summed E-state index contributed by atoms with van der Waals surface area (Å²) in [5.74, 6) is 0.977. The van der Waals surface area contributed by atoms with Gasteiger partial charge in [0, 0.05) is 28.9 Å². The number of aromatic nitrogens is 3. The fourth-order valence-electron chi connectivity index (χ4n) is 3.61. The highest BCUT2D eigenvalue weighted by molar-refractivity contribution is 5.99. The van der Waals surface area contributed by atoms with Crippen LogP contribution < -0.4 is 21.1 Å². The van der Waals surface area contributed by atoms with E-state index in [9.17, 15) is 9.18 Å². The average Bonchev–Trinajstić information content (AvgIpc) is 3.24. The summed E-state index contributed by atoms with van der Waals surface area (Å²) in [6, 6.07) is 22.2. The lowest BCUT2D eigenvalue weighted by Gasteiger charge is -2.11. The third-order valence-electron chi connectivity index (χ3n) is 5.37. The number of anilines is 3. The van der Waals surface area contributed by atoms with Gasteiger partial charge in [-0.3, -0.25) is 10.4 Å². The number of urea groups is 1. The Bertz CT molecular complexity index is 1520. The van der Waals surface area contributed by atoms with E-state index in [1.165, 1.54) is 6.07 Å². The molecule has 0 unspecified atom stereocenters. The molecule has 0 bridgehead atoms. The Morgan fingerprint density at radius 2 is 1.83 bits per heavy atom. The first kappa shape index (κ1) is 21.9. The number of halogens is 1. The van der Waals surface area contributed by atoms with Gasteiger partial charge in [-0.2, -0.15) is 5.10 Å². The van der Waals surface area contributed by atoms with Gasteiger partial charge in [0.1, 0.15) is 24.0 Å². The number of benzene rings is 3. The standard InChI is InChI=1S/C26H21FN6O2/c27-22-7-2-1-4-18(22)15-35-20-6-3-5-19(14-20)30-26(34)31-24-13-17(10-11-29-24)16-8-9-23-21(12-16)25(28)33-32-23/h1-14H,15H2,(H3,28,32,33)(H2,29,30,31,34). The van der Waals surface area contributed by atoms with Gasteiger partial charge in [0.25, 0.3) is 0 Å². The Morgan fingerprint density at radius 3 is 2.71 bits per heavy atom. The van der Waals surface area contributed by atoms with Crippen molar-refractivity contribution in [1.82, 2.24) is 15.2 Å². The zero-order chi connectivity index (χ0) is 24.2. The van der Waals surface area contributed by atoms with Crippen molar-refractivity contribution in [2.75, 3.05) is 16.4 Å². The highest BCUT2D eigenvalue weighted by atomic mass is 19.1. The Labute approximate surface area is 200 Å². The van der Waals surface area contributed by atoms with Crippen molar-refractivity contribution >= 4 is 34.3 Å². The van der Waals surface area contributed by atoms with Crippen molar-refractivity contribution in [3.63, 3.8) is 0 Å². The Balaban J connectivity index is 1.24. The van der Waals surface area contributed by atoms with E-state index < -0.39 is 6.03 Å². The van der Waals surface area contributed by atoms with E-state index in [-0.39, 0.29) is 12.4 Å². The molecule has 0 aliphatic heterocycles. The quantitative estimate of drug-likeness (QED) is 0.260. The van der Waals surface area contributed by atoms with Crippen LogP contribution in [-0.4, -0.2) is 21.2 Å². The van der Waals surface area contributed by atoms with Gasteiger partial charge in [0.15, 0.2) is 5.82 Å². The number of rotatable bonds is 6. The fraction of sp³-hybridized carbons (Fsp3) is 0.0385. The van der Waals surface area contributed by atoms with Crippen molar-refractivity contribution in [3.05, 3.63) is 96.4 Å². The maximum absolute atomic E-state index is 13.8. The van der Waals surface area contributed by atoms with Gasteiger partial charge in [-0.25, -0.2) is 14.2 Å². The predicted octanol–water partition coefficient (Wildman–Crippen LogP) is 5.57. The van der Waals surface area contributed by atoms with Crippen LogP contribution >= 0.6 is 0 Å². The van der Waals surface area contributed by atoms with E-state index in [4.69, 9.17) is 10.5 Å². The summed E-state index contributed by atoms with van der Waals surface area (Å²) in [4.78, 5) is 16.8. The molecule has 5 aromatic rings.